The summed E-state index contributed by atoms with van der Waals surface area (Å²) in [5.74, 6) is 1.82. The Bertz CT molecular complexity index is 897. The van der Waals surface area contributed by atoms with E-state index in [9.17, 15) is 0 Å². The Kier molecular flexibility index (Phi) is 5.00. The van der Waals surface area contributed by atoms with E-state index in [1.54, 1.807) is 5.57 Å². The maximum atomic E-state index is 5.54. The van der Waals surface area contributed by atoms with E-state index in [1.807, 2.05) is 11.7 Å². The number of nitrogens with one attached hydrogen (secondary N) is 2. The molecule has 1 saturated carbocycles. The molecule has 4 heterocycles. The van der Waals surface area contributed by atoms with Crippen molar-refractivity contribution in [3.8, 4) is 11.1 Å². The molecule has 2 fully saturated rings. The van der Waals surface area contributed by atoms with Gasteiger partial charge in [0.1, 0.15) is 5.82 Å². The minimum absolute atomic E-state index is 0.383. The Morgan fingerprint density at radius 3 is 2.55 bits per heavy atom. The van der Waals surface area contributed by atoms with E-state index in [0.29, 0.717) is 12.0 Å². The van der Waals surface area contributed by atoms with Crippen molar-refractivity contribution in [3.05, 3.63) is 29.2 Å². The van der Waals surface area contributed by atoms with E-state index in [0.717, 1.165) is 43.9 Å². The zero-order valence-electron chi connectivity index (χ0n) is 17.9. The van der Waals surface area contributed by atoms with Gasteiger partial charge in [-0.15, -0.1) is 0 Å². The van der Waals surface area contributed by atoms with E-state index in [4.69, 9.17) is 4.74 Å². The summed E-state index contributed by atoms with van der Waals surface area (Å²) in [5, 5.41) is 8.26. The largest absolute Gasteiger partial charge is 0.379 e. The molecule has 0 aromatic carbocycles. The summed E-state index contributed by atoms with van der Waals surface area (Å²) in [6.07, 6.45) is 11.9. The van der Waals surface area contributed by atoms with Gasteiger partial charge in [0.25, 0.3) is 0 Å². The Morgan fingerprint density at radius 2 is 1.86 bits per heavy atom. The fourth-order valence-electron chi connectivity index (χ4n) is 5.57. The van der Waals surface area contributed by atoms with Gasteiger partial charge in [0.2, 0.25) is 0 Å². The fraction of sp³-hybridized carbons (Fsp3) is 0.609. The number of morpholine rings is 1. The molecule has 1 aliphatic carbocycles. The van der Waals surface area contributed by atoms with Gasteiger partial charge in [0, 0.05) is 61.3 Å². The number of rotatable bonds is 3. The minimum Gasteiger partial charge on any atom is -0.379 e. The molecule has 1 unspecified atom stereocenters. The van der Waals surface area contributed by atoms with Crippen molar-refractivity contribution in [2.45, 2.75) is 51.6 Å². The van der Waals surface area contributed by atoms with Gasteiger partial charge in [0.05, 0.1) is 18.9 Å². The molecule has 0 bridgehead atoms. The van der Waals surface area contributed by atoms with E-state index < -0.39 is 0 Å². The van der Waals surface area contributed by atoms with Crippen LogP contribution in [0.5, 0.6) is 0 Å². The molecule has 2 aromatic heterocycles. The normalized spacial score (nSPS) is 28.0. The van der Waals surface area contributed by atoms with Gasteiger partial charge in [-0.2, -0.15) is 5.10 Å². The summed E-state index contributed by atoms with van der Waals surface area (Å²) in [7, 11) is 1.99. The summed E-state index contributed by atoms with van der Waals surface area (Å²) in [4.78, 5) is 6.11. The van der Waals surface area contributed by atoms with Crippen molar-refractivity contribution in [3.63, 3.8) is 0 Å². The maximum Gasteiger partial charge on any atom is 0.111 e. The standard InChI is InChI=1S/C23H33N5O/c1-15-19(17-4-6-18(7-5-17)28-8-10-29-11-9-28)12-20-21(13-24-23(20)25-15)22-14-27(3)26-16(22)2/h12-15,17-18,24-25H,4-11H2,1-3H3. The second kappa shape index (κ2) is 7.65. The van der Waals surface area contributed by atoms with Crippen molar-refractivity contribution in [1.29, 1.82) is 0 Å². The molecule has 2 N–H and O–H groups in total. The highest BCUT2D eigenvalue weighted by Crippen LogP contribution is 2.41. The second-order valence-corrected chi connectivity index (χ2v) is 8.96. The summed E-state index contributed by atoms with van der Waals surface area (Å²) in [5.41, 5.74) is 6.41. The van der Waals surface area contributed by atoms with Crippen LogP contribution in [0.15, 0.2) is 18.0 Å². The molecule has 6 heteroatoms. The number of aromatic amines is 1. The van der Waals surface area contributed by atoms with Crippen LogP contribution in [-0.4, -0.2) is 58.1 Å². The van der Waals surface area contributed by atoms with Crippen molar-refractivity contribution < 1.29 is 4.74 Å². The van der Waals surface area contributed by atoms with Gasteiger partial charge in [-0.1, -0.05) is 0 Å². The molecule has 29 heavy (non-hydrogen) atoms. The number of hydrogen-bond donors (Lipinski definition) is 2. The highest BCUT2D eigenvalue weighted by molar-refractivity contribution is 5.85. The van der Waals surface area contributed by atoms with Crippen LogP contribution >= 0.6 is 0 Å². The third-order valence-electron chi connectivity index (χ3n) is 7.13. The van der Waals surface area contributed by atoms with Crippen LogP contribution in [0.25, 0.3) is 17.2 Å². The molecule has 1 atom stereocenters. The van der Waals surface area contributed by atoms with Gasteiger partial charge in [-0.05, 0) is 57.1 Å². The number of hydrogen-bond acceptors (Lipinski definition) is 4. The van der Waals surface area contributed by atoms with Crippen LogP contribution in [0.2, 0.25) is 0 Å². The lowest BCUT2D eigenvalue weighted by atomic mass is 9.77. The molecule has 6 nitrogen and oxygen atoms in total. The molecule has 0 spiro atoms. The lowest BCUT2D eigenvalue weighted by molar-refractivity contribution is 0.00604. The molecular formula is C23H33N5O. The van der Waals surface area contributed by atoms with E-state index >= 15 is 0 Å². The molecule has 5 rings (SSSR count). The Labute approximate surface area is 173 Å². The topological polar surface area (TPSA) is 58.1 Å². The van der Waals surface area contributed by atoms with Crippen molar-refractivity contribution in [2.75, 3.05) is 31.6 Å². The summed E-state index contributed by atoms with van der Waals surface area (Å²) in [6, 6.07) is 1.13. The monoisotopic (exact) mass is 395 g/mol. The third kappa shape index (κ3) is 3.53. The number of anilines is 1. The first-order valence-corrected chi connectivity index (χ1v) is 11.1. The Balaban J connectivity index is 1.36. The second-order valence-electron chi connectivity index (χ2n) is 8.96. The van der Waals surface area contributed by atoms with Gasteiger partial charge < -0.3 is 15.0 Å². The van der Waals surface area contributed by atoms with Crippen molar-refractivity contribution in [1.82, 2.24) is 19.7 Å². The zero-order valence-corrected chi connectivity index (χ0v) is 17.9. The van der Waals surface area contributed by atoms with Crippen LogP contribution in [0.4, 0.5) is 5.82 Å². The first-order valence-electron chi connectivity index (χ1n) is 11.1. The summed E-state index contributed by atoms with van der Waals surface area (Å²) < 4.78 is 7.44. The molecule has 0 radical (unpaired) electrons. The Morgan fingerprint density at radius 1 is 1.10 bits per heavy atom. The van der Waals surface area contributed by atoms with Gasteiger partial charge in [0.15, 0.2) is 0 Å². The third-order valence-corrected chi connectivity index (χ3v) is 7.13. The van der Waals surface area contributed by atoms with Gasteiger partial charge in [-0.25, -0.2) is 0 Å². The van der Waals surface area contributed by atoms with E-state index in [-0.39, 0.29) is 0 Å². The lowest BCUT2D eigenvalue weighted by Gasteiger charge is -2.40. The van der Waals surface area contributed by atoms with Crippen LogP contribution in [-0.2, 0) is 11.8 Å². The van der Waals surface area contributed by atoms with E-state index in [1.165, 1.54) is 42.4 Å². The molecule has 3 aliphatic rings. The maximum absolute atomic E-state index is 5.54. The number of ether oxygens (including phenoxy) is 1. The first-order chi connectivity index (χ1) is 14.1. The number of aryl methyl sites for hydroxylation is 2. The zero-order chi connectivity index (χ0) is 20.0. The van der Waals surface area contributed by atoms with Crippen molar-refractivity contribution in [2.24, 2.45) is 13.0 Å². The van der Waals surface area contributed by atoms with Gasteiger partial charge >= 0.3 is 0 Å². The van der Waals surface area contributed by atoms with Gasteiger partial charge in [-0.3, -0.25) is 9.58 Å². The summed E-state index contributed by atoms with van der Waals surface area (Å²) in [6.45, 7) is 8.41. The number of fused-ring (bicyclic) bond motifs is 1. The predicted octanol–water partition coefficient (Wildman–Crippen LogP) is 3.81. The van der Waals surface area contributed by atoms with Crippen LogP contribution < -0.4 is 5.32 Å². The first kappa shape index (κ1) is 18.9. The summed E-state index contributed by atoms with van der Waals surface area (Å²) >= 11 is 0. The minimum atomic E-state index is 0.383. The molecule has 2 aromatic rings. The predicted molar refractivity (Wildman–Crippen MR) is 117 cm³/mol. The van der Waals surface area contributed by atoms with Crippen LogP contribution in [0.3, 0.4) is 0 Å². The van der Waals surface area contributed by atoms with Crippen LogP contribution in [0, 0.1) is 12.8 Å². The lowest BCUT2D eigenvalue weighted by Crippen LogP contribution is -2.45. The number of aromatic nitrogens is 3. The number of nitrogens with zero attached hydrogens (tertiary/aromatic N) is 3. The SMILES string of the molecule is Cc1nn(C)cc1-c1c[nH]c2c1C=C(C1CCC(N3CCOCC3)CC1)C(C)N2. The molecule has 1 saturated heterocycles. The number of H-pyrrole nitrogens is 1. The highest BCUT2D eigenvalue weighted by atomic mass is 16.5. The Hall–Kier alpha value is -2.05. The van der Waals surface area contributed by atoms with Crippen LogP contribution in [0.1, 0.15) is 43.9 Å². The average Bonchev–Trinajstić information content (AvgIpc) is 3.29. The quantitative estimate of drug-likeness (QED) is 0.830. The smallest absolute Gasteiger partial charge is 0.111 e. The van der Waals surface area contributed by atoms with E-state index in [2.05, 4.69) is 52.6 Å². The molecule has 156 valence electrons. The highest BCUT2D eigenvalue weighted by Gasteiger charge is 2.32. The average molecular weight is 396 g/mol. The van der Waals surface area contributed by atoms with Crippen molar-refractivity contribution >= 4 is 11.9 Å². The fourth-order valence-corrected chi connectivity index (χ4v) is 5.57. The molecule has 2 aliphatic heterocycles. The molecular weight excluding hydrogens is 362 g/mol. The molecule has 0 amide bonds.